The van der Waals surface area contributed by atoms with Crippen molar-refractivity contribution in [1.29, 1.82) is 0 Å². The first kappa shape index (κ1) is 25.7. The van der Waals surface area contributed by atoms with Crippen LogP contribution in [-0.4, -0.2) is 49.2 Å². The summed E-state index contributed by atoms with van der Waals surface area (Å²) in [6.07, 6.45) is 8.01. The van der Waals surface area contributed by atoms with E-state index in [-0.39, 0.29) is 11.9 Å². The Morgan fingerprint density at radius 3 is 2.80 bits per heavy atom. The van der Waals surface area contributed by atoms with Crippen LogP contribution < -0.4 is 15.0 Å². The third-order valence-corrected chi connectivity index (χ3v) is 8.01. The molecule has 6 nitrogen and oxygen atoms in total. The molecule has 186 valence electrons. The number of Topliss-reactive ketones (excluding diaryl/α,β-unsaturated/α-hetero) is 1. The van der Waals surface area contributed by atoms with Gasteiger partial charge in [-0.05, 0) is 74.2 Å². The van der Waals surface area contributed by atoms with Gasteiger partial charge in [-0.2, -0.15) is 0 Å². The highest BCUT2D eigenvalue weighted by molar-refractivity contribution is 7.98. The molecule has 35 heavy (non-hydrogen) atoms. The highest BCUT2D eigenvalue weighted by Crippen LogP contribution is 2.30. The molecule has 0 bridgehead atoms. The lowest BCUT2D eigenvalue weighted by atomic mass is 9.90. The molecule has 8 heteroatoms. The topological polar surface area (TPSA) is 67.3 Å². The van der Waals surface area contributed by atoms with Gasteiger partial charge in [0.1, 0.15) is 17.7 Å². The summed E-state index contributed by atoms with van der Waals surface area (Å²) in [4.78, 5) is 25.3. The van der Waals surface area contributed by atoms with Crippen molar-refractivity contribution >= 4 is 34.7 Å². The van der Waals surface area contributed by atoms with Crippen LogP contribution in [0.2, 0.25) is 0 Å². The predicted octanol–water partition coefficient (Wildman–Crippen LogP) is 5.65. The summed E-state index contributed by atoms with van der Waals surface area (Å²) in [7, 11) is 3.99. The maximum Gasteiger partial charge on any atom is 0.189 e. The van der Waals surface area contributed by atoms with Crippen molar-refractivity contribution in [3.63, 3.8) is 0 Å². The van der Waals surface area contributed by atoms with E-state index in [0.29, 0.717) is 23.1 Å². The van der Waals surface area contributed by atoms with E-state index in [4.69, 9.17) is 4.74 Å². The van der Waals surface area contributed by atoms with Crippen LogP contribution in [0, 0.1) is 5.92 Å². The zero-order valence-corrected chi connectivity index (χ0v) is 22.3. The average Bonchev–Trinajstić information content (AvgIpc) is 3.43. The second-order valence-electron chi connectivity index (χ2n) is 8.99. The number of carbonyl (C=O) groups excluding carboxylic acids is 1. The van der Waals surface area contributed by atoms with E-state index >= 15 is 0 Å². The Kier molecular flexibility index (Phi) is 9.18. The summed E-state index contributed by atoms with van der Waals surface area (Å²) in [5.41, 5.74) is 1.92. The molecule has 0 saturated carbocycles. The highest BCUT2D eigenvalue weighted by atomic mass is 32.2. The Balaban J connectivity index is 1.40. The van der Waals surface area contributed by atoms with E-state index in [9.17, 15) is 4.79 Å². The van der Waals surface area contributed by atoms with Crippen LogP contribution in [0.3, 0.4) is 0 Å². The van der Waals surface area contributed by atoms with E-state index in [2.05, 4.69) is 62.0 Å². The SMILES string of the molecule is CNCC[C@@H](Oc1ccc(CC2CCC(=O)c3cnc(SC)nc3N(C)CC2)cc1)c1cccs1. The lowest BCUT2D eigenvalue weighted by Crippen LogP contribution is -2.23. The standard InChI is InChI=1S/C27H34N4O2S2/c1-28-14-12-24(25-5-4-16-35-25)33-21-9-6-19(7-10-21)17-20-8-11-23(32)22-18-29-27(34-3)30-26(22)31(2)15-13-20/h4-7,9-10,16,18,20,24,28H,8,11-15,17H2,1-3H3/t20?,24-/m1/s1. The van der Waals surface area contributed by atoms with Crippen molar-refractivity contribution in [3.05, 3.63) is 64.0 Å². The normalized spacial score (nSPS) is 17.3. The number of aromatic nitrogens is 2. The smallest absolute Gasteiger partial charge is 0.189 e. The number of hydrogen-bond acceptors (Lipinski definition) is 8. The zero-order valence-electron chi connectivity index (χ0n) is 20.7. The number of benzene rings is 1. The number of thioether (sulfide) groups is 1. The van der Waals surface area contributed by atoms with Gasteiger partial charge in [0.05, 0.1) is 5.56 Å². The second-order valence-corrected chi connectivity index (χ2v) is 10.7. The van der Waals surface area contributed by atoms with Crippen molar-refractivity contribution in [2.75, 3.05) is 38.3 Å². The first-order valence-electron chi connectivity index (χ1n) is 12.2. The summed E-state index contributed by atoms with van der Waals surface area (Å²) in [5, 5.41) is 6.02. The third kappa shape index (κ3) is 6.84. The van der Waals surface area contributed by atoms with Crippen LogP contribution >= 0.6 is 23.1 Å². The van der Waals surface area contributed by atoms with Crippen molar-refractivity contribution in [2.24, 2.45) is 5.92 Å². The Labute approximate surface area is 216 Å². The number of nitrogens with one attached hydrogen (secondary N) is 1. The Morgan fingerprint density at radius 1 is 1.26 bits per heavy atom. The predicted molar refractivity (Wildman–Crippen MR) is 145 cm³/mol. The van der Waals surface area contributed by atoms with Crippen LogP contribution in [0.1, 0.15) is 52.6 Å². The molecule has 0 amide bonds. The van der Waals surface area contributed by atoms with Gasteiger partial charge >= 0.3 is 0 Å². The summed E-state index contributed by atoms with van der Waals surface area (Å²) < 4.78 is 6.35. The molecule has 1 aromatic carbocycles. The van der Waals surface area contributed by atoms with Crippen molar-refractivity contribution in [1.82, 2.24) is 15.3 Å². The molecule has 0 radical (unpaired) electrons. The molecule has 1 unspecified atom stereocenters. The average molecular weight is 511 g/mol. The molecule has 3 heterocycles. The monoisotopic (exact) mass is 510 g/mol. The molecular formula is C27H34N4O2S2. The van der Waals surface area contributed by atoms with Gasteiger partial charge in [-0.15, -0.1) is 11.3 Å². The minimum Gasteiger partial charge on any atom is -0.485 e. The number of ether oxygens (including phenoxy) is 1. The van der Waals surface area contributed by atoms with Crippen molar-refractivity contribution in [3.8, 4) is 5.75 Å². The first-order chi connectivity index (χ1) is 17.1. The maximum atomic E-state index is 12.9. The van der Waals surface area contributed by atoms with Crippen molar-refractivity contribution in [2.45, 2.75) is 43.4 Å². The molecule has 0 fully saturated rings. The van der Waals surface area contributed by atoms with Gasteiger partial charge in [0, 0.05) is 37.5 Å². The molecule has 1 N–H and O–H groups in total. The minimum absolute atomic E-state index is 0.0561. The quantitative estimate of drug-likeness (QED) is 0.295. The molecule has 0 saturated heterocycles. The first-order valence-corrected chi connectivity index (χ1v) is 14.3. The van der Waals surface area contributed by atoms with Gasteiger partial charge < -0.3 is 15.0 Å². The molecule has 2 aromatic heterocycles. The molecule has 3 aromatic rings. The van der Waals surface area contributed by atoms with E-state index < -0.39 is 0 Å². The highest BCUT2D eigenvalue weighted by Gasteiger charge is 2.23. The second kappa shape index (κ2) is 12.5. The van der Waals surface area contributed by atoms with Crippen molar-refractivity contribution < 1.29 is 9.53 Å². The Hall–Kier alpha value is -2.42. The number of hydrogen-bond donors (Lipinski definition) is 1. The molecule has 0 aliphatic carbocycles. The summed E-state index contributed by atoms with van der Waals surface area (Å²) in [5.74, 6) is 2.22. The summed E-state index contributed by atoms with van der Waals surface area (Å²) in [6.45, 7) is 1.77. The molecule has 4 rings (SSSR count). The number of fused-ring (bicyclic) bond motifs is 1. The molecule has 1 aliphatic rings. The van der Waals surface area contributed by atoms with E-state index in [1.807, 2.05) is 20.4 Å². The fourth-order valence-electron chi connectivity index (χ4n) is 4.45. The van der Waals surface area contributed by atoms with Gasteiger partial charge in [0.2, 0.25) is 0 Å². The summed E-state index contributed by atoms with van der Waals surface area (Å²) >= 11 is 3.24. The van der Waals surface area contributed by atoms with Gasteiger partial charge in [0.25, 0.3) is 0 Å². The van der Waals surface area contributed by atoms with E-state index in [1.165, 1.54) is 22.2 Å². The van der Waals surface area contributed by atoms with Crippen LogP contribution in [0.25, 0.3) is 0 Å². The van der Waals surface area contributed by atoms with Gasteiger partial charge in [-0.3, -0.25) is 4.79 Å². The van der Waals surface area contributed by atoms with Crippen LogP contribution in [-0.2, 0) is 6.42 Å². The molecule has 2 atom stereocenters. The Bertz CT molecular complexity index is 1090. The maximum absolute atomic E-state index is 12.9. The Morgan fingerprint density at radius 2 is 2.09 bits per heavy atom. The molecular weight excluding hydrogens is 476 g/mol. The van der Waals surface area contributed by atoms with E-state index in [0.717, 1.165) is 50.3 Å². The molecule has 0 spiro atoms. The van der Waals surface area contributed by atoms with Gasteiger partial charge in [-0.1, -0.05) is 30.0 Å². The minimum atomic E-state index is 0.0561. The third-order valence-electron chi connectivity index (χ3n) is 6.49. The zero-order chi connectivity index (χ0) is 24.6. The summed E-state index contributed by atoms with van der Waals surface area (Å²) in [6, 6.07) is 12.7. The number of anilines is 1. The van der Waals surface area contributed by atoms with E-state index in [1.54, 1.807) is 17.5 Å². The lowest BCUT2D eigenvalue weighted by Gasteiger charge is -2.22. The number of carbonyl (C=O) groups is 1. The van der Waals surface area contributed by atoms with Crippen LogP contribution in [0.15, 0.2) is 53.1 Å². The fourth-order valence-corrected chi connectivity index (χ4v) is 5.58. The fraction of sp³-hybridized carbons (Fsp3) is 0.444. The van der Waals surface area contributed by atoms with Crippen LogP contribution in [0.4, 0.5) is 5.82 Å². The van der Waals surface area contributed by atoms with Gasteiger partial charge in [-0.25, -0.2) is 9.97 Å². The number of nitrogens with zero attached hydrogens (tertiary/aromatic N) is 3. The van der Waals surface area contributed by atoms with Crippen LogP contribution in [0.5, 0.6) is 5.75 Å². The number of rotatable bonds is 9. The lowest BCUT2D eigenvalue weighted by molar-refractivity contribution is 0.0974. The molecule has 1 aliphatic heterocycles. The largest absolute Gasteiger partial charge is 0.485 e. The number of thiophene rings is 1. The van der Waals surface area contributed by atoms with Gasteiger partial charge in [0.15, 0.2) is 10.9 Å². The number of ketones is 1.